The first-order valence-corrected chi connectivity index (χ1v) is 11.6. The summed E-state index contributed by atoms with van der Waals surface area (Å²) >= 11 is 5.95. The third-order valence-corrected chi connectivity index (χ3v) is 6.88. The molecule has 0 radical (unpaired) electrons. The fraction of sp³-hybridized carbons (Fsp3) is 0.429. The molecule has 1 unspecified atom stereocenters. The molecule has 33 heavy (non-hydrogen) atoms. The summed E-state index contributed by atoms with van der Waals surface area (Å²) in [5, 5.41) is 8.43. The van der Waals surface area contributed by atoms with Crippen molar-refractivity contribution in [3.8, 4) is 0 Å². The Labute approximate surface area is 194 Å². The molecule has 0 bridgehead atoms. The molecule has 0 spiro atoms. The molecular weight excluding hydrogens is 479 g/mol. The van der Waals surface area contributed by atoms with Gasteiger partial charge in [0.05, 0.1) is 38.7 Å². The van der Waals surface area contributed by atoms with Gasteiger partial charge in [-0.15, -0.1) is 0 Å². The van der Waals surface area contributed by atoms with E-state index < -0.39 is 32.5 Å². The Morgan fingerprint density at radius 3 is 2.45 bits per heavy atom. The van der Waals surface area contributed by atoms with Gasteiger partial charge >= 0.3 is 6.18 Å². The van der Waals surface area contributed by atoms with E-state index in [2.05, 4.69) is 14.6 Å². The number of alkyl halides is 3. The van der Waals surface area contributed by atoms with E-state index in [1.165, 1.54) is 21.6 Å². The van der Waals surface area contributed by atoms with Gasteiger partial charge in [-0.2, -0.15) is 27.8 Å². The van der Waals surface area contributed by atoms with Crippen LogP contribution in [0.15, 0.2) is 33.6 Å². The monoisotopic (exact) mass is 499 g/mol. The van der Waals surface area contributed by atoms with Gasteiger partial charge in [0.1, 0.15) is 16.7 Å². The SMILES string of the molecule is Cn1nc2c(=O)n(C3CC3)ncc2c1C(=NS(=O)C(C)(C)C)c1ccc(C(F)(F)F)c(Cl)c1. The second-order valence-corrected chi connectivity index (χ2v) is 11.2. The van der Waals surface area contributed by atoms with Crippen LogP contribution in [-0.2, 0) is 24.2 Å². The number of aryl methyl sites for hydroxylation is 1. The number of aromatic nitrogens is 4. The molecule has 7 nitrogen and oxygen atoms in total. The zero-order valence-corrected chi connectivity index (χ0v) is 19.8. The Morgan fingerprint density at radius 1 is 1.24 bits per heavy atom. The fourth-order valence-corrected chi connectivity index (χ4v) is 4.23. The number of hydrogen-bond acceptors (Lipinski definition) is 4. The van der Waals surface area contributed by atoms with Gasteiger partial charge in [-0.05, 0) is 45.7 Å². The van der Waals surface area contributed by atoms with Gasteiger partial charge < -0.3 is 0 Å². The number of fused-ring (bicyclic) bond motifs is 1. The maximum absolute atomic E-state index is 13.2. The molecule has 0 saturated heterocycles. The maximum atomic E-state index is 13.2. The molecule has 12 heteroatoms. The van der Waals surface area contributed by atoms with Crippen molar-refractivity contribution in [2.45, 2.75) is 50.6 Å². The van der Waals surface area contributed by atoms with E-state index in [1.54, 1.807) is 27.8 Å². The van der Waals surface area contributed by atoms with Crippen LogP contribution in [0.5, 0.6) is 0 Å². The molecule has 1 aliphatic carbocycles. The van der Waals surface area contributed by atoms with Gasteiger partial charge in [0.15, 0.2) is 5.52 Å². The van der Waals surface area contributed by atoms with Crippen LogP contribution < -0.4 is 5.56 Å². The van der Waals surface area contributed by atoms with Crippen molar-refractivity contribution in [1.29, 1.82) is 0 Å². The Hall–Kier alpha value is -2.53. The van der Waals surface area contributed by atoms with Gasteiger partial charge in [0.25, 0.3) is 5.56 Å². The first-order chi connectivity index (χ1) is 15.3. The van der Waals surface area contributed by atoms with Crippen molar-refractivity contribution < 1.29 is 17.4 Å². The van der Waals surface area contributed by atoms with Gasteiger partial charge in [-0.3, -0.25) is 9.48 Å². The van der Waals surface area contributed by atoms with E-state index >= 15 is 0 Å². The van der Waals surface area contributed by atoms with Crippen LogP contribution in [0.2, 0.25) is 5.02 Å². The van der Waals surface area contributed by atoms with Crippen LogP contribution in [0.1, 0.15) is 56.5 Å². The second-order valence-electron chi connectivity index (χ2n) is 8.85. The van der Waals surface area contributed by atoms with Crippen LogP contribution in [-0.4, -0.2) is 34.2 Å². The predicted octanol–water partition coefficient (Wildman–Crippen LogP) is 4.44. The molecule has 0 amide bonds. The topological polar surface area (TPSA) is 82.1 Å². The largest absolute Gasteiger partial charge is 0.417 e. The van der Waals surface area contributed by atoms with Crippen LogP contribution >= 0.6 is 11.6 Å². The van der Waals surface area contributed by atoms with E-state index in [1.807, 2.05) is 0 Å². The maximum Gasteiger partial charge on any atom is 0.417 e. The van der Waals surface area contributed by atoms with E-state index in [0.29, 0.717) is 11.1 Å². The molecule has 1 aliphatic rings. The highest BCUT2D eigenvalue weighted by molar-refractivity contribution is 7.85. The Balaban J connectivity index is 1.96. The molecule has 3 aromatic rings. The number of rotatable bonds is 4. The highest BCUT2D eigenvalue weighted by Crippen LogP contribution is 2.36. The zero-order valence-electron chi connectivity index (χ0n) is 18.3. The van der Waals surface area contributed by atoms with Crippen molar-refractivity contribution >= 4 is 39.2 Å². The number of hydrogen-bond donors (Lipinski definition) is 0. The van der Waals surface area contributed by atoms with Crippen molar-refractivity contribution in [3.05, 3.63) is 56.6 Å². The van der Waals surface area contributed by atoms with Crippen LogP contribution in [0, 0.1) is 0 Å². The van der Waals surface area contributed by atoms with Gasteiger partial charge in [0.2, 0.25) is 0 Å². The van der Waals surface area contributed by atoms with Crippen LogP contribution in [0.4, 0.5) is 13.2 Å². The predicted molar refractivity (Wildman–Crippen MR) is 121 cm³/mol. The summed E-state index contributed by atoms with van der Waals surface area (Å²) in [6.07, 6.45) is -1.42. The molecule has 2 heterocycles. The minimum atomic E-state index is -4.63. The van der Waals surface area contributed by atoms with E-state index in [4.69, 9.17) is 11.6 Å². The highest BCUT2D eigenvalue weighted by atomic mass is 35.5. The normalized spacial score (nSPS) is 16.4. The van der Waals surface area contributed by atoms with Crippen LogP contribution in [0.3, 0.4) is 0 Å². The first kappa shape index (κ1) is 23.6. The summed E-state index contributed by atoms with van der Waals surface area (Å²) in [6, 6.07) is 3.23. The van der Waals surface area contributed by atoms with Gasteiger partial charge in [0, 0.05) is 12.6 Å². The summed E-state index contributed by atoms with van der Waals surface area (Å²) in [4.78, 5) is 12.9. The quantitative estimate of drug-likeness (QED) is 0.497. The number of benzene rings is 1. The van der Waals surface area contributed by atoms with E-state index in [0.717, 1.165) is 25.0 Å². The summed E-state index contributed by atoms with van der Waals surface area (Å²) in [7, 11) is -0.181. The van der Waals surface area contributed by atoms with E-state index in [9.17, 15) is 22.2 Å². The van der Waals surface area contributed by atoms with Gasteiger partial charge in [-0.1, -0.05) is 17.7 Å². The lowest BCUT2D eigenvalue weighted by atomic mass is 10.0. The minimum absolute atomic E-state index is 0.0441. The lowest BCUT2D eigenvalue weighted by Crippen LogP contribution is -2.23. The summed E-state index contributed by atoms with van der Waals surface area (Å²) < 4.78 is 59.0. The lowest BCUT2D eigenvalue weighted by molar-refractivity contribution is -0.137. The Kier molecular flexibility index (Phi) is 5.76. The molecule has 1 atom stereocenters. The third kappa shape index (κ3) is 4.48. The van der Waals surface area contributed by atoms with Gasteiger partial charge in [-0.25, -0.2) is 8.89 Å². The first-order valence-electron chi connectivity index (χ1n) is 10.1. The summed E-state index contributed by atoms with van der Waals surface area (Å²) in [6.45, 7) is 5.17. The molecular formula is C21H21ClF3N5O2S. The standard InChI is InChI=1S/C21H21ClF3N5O2S/c1-20(2,3)33(32)28-16(11-5-8-14(15(22)9-11)21(23,24)25)18-13-10-26-30(12-6-7-12)19(31)17(13)27-29(18)4/h5,8-10,12H,6-7H2,1-4H3. The molecule has 2 aromatic heterocycles. The number of halogens is 4. The molecule has 1 saturated carbocycles. The average molecular weight is 500 g/mol. The van der Waals surface area contributed by atoms with Crippen LogP contribution in [0.25, 0.3) is 10.9 Å². The third-order valence-electron chi connectivity index (χ3n) is 5.17. The molecule has 4 rings (SSSR count). The van der Waals surface area contributed by atoms with E-state index in [-0.39, 0.29) is 28.4 Å². The summed E-state index contributed by atoms with van der Waals surface area (Å²) in [5.41, 5.74) is -0.574. The number of nitrogens with zero attached hydrogens (tertiary/aromatic N) is 5. The Morgan fingerprint density at radius 2 is 1.91 bits per heavy atom. The lowest BCUT2D eigenvalue weighted by Gasteiger charge is -2.16. The molecule has 0 N–H and O–H groups in total. The zero-order chi connectivity index (χ0) is 24.3. The van der Waals surface area contributed by atoms with Crippen molar-refractivity contribution in [2.24, 2.45) is 11.4 Å². The van der Waals surface area contributed by atoms with Crippen molar-refractivity contribution in [3.63, 3.8) is 0 Å². The summed E-state index contributed by atoms with van der Waals surface area (Å²) in [5.74, 6) is 0. The highest BCUT2D eigenvalue weighted by Gasteiger charge is 2.34. The van der Waals surface area contributed by atoms with Crippen molar-refractivity contribution in [1.82, 2.24) is 19.6 Å². The average Bonchev–Trinajstić information content (AvgIpc) is 3.47. The smallest absolute Gasteiger partial charge is 0.265 e. The fourth-order valence-electron chi connectivity index (χ4n) is 3.31. The molecule has 176 valence electrons. The second kappa shape index (κ2) is 8.05. The molecule has 0 aliphatic heterocycles. The van der Waals surface area contributed by atoms with Crippen molar-refractivity contribution in [2.75, 3.05) is 0 Å². The Bertz CT molecular complexity index is 1370. The molecule has 1 fully saturated rings. The molecule has 1 aromatic carbocycles. The minimum Gasteiger partial charge on any atom is -0.265 e.